The Hall–Kier alpha value is -0.750. The predicted molar refractivity (Wildman–Crippen MR) is 78.7 cm³/mol. The van der Waals surface area contributed by atoms with Crippen molar-refractivity contribution in [2.45, 2.75) is 19.8 Å². The van der Waals surface area contributed by atoms with Gasteiger partial charge in [-0.15, -0.1) is 0 Å². The van der Waals surface area contributed by atoms with Crippen LogP contribution in [0.2, 0.25) is 0 Å². The summed E-state index contributed by atoms with van der Waals surface area (Å²) in [7, 11) is -3.24. The number of rotatable bonds is 4. The van der Waals surface area contributed by atoms with Gasteiger partial charge in [0.2, 0.25) is 10.0 Å². The monoisotopic (exact) mass is 332 g/mol. The van der Waals surface area contributed by atoms with Crippen LogP contribution in [0.15, 0.2) is 22.7 Å². The van der Waals surface area contributed by atoms with Crippen LogP contribution in [-0.4, -0.2) is 27.3 Å². The topological polar surface area (TPSA) is 49.4 Å². The quantitative estimate of drug-likeness (QED) is 0.922. The van der Waals surface area contributed by atoms with Gasteiger partial charge in [0, 0.05) is 17.6 Å². The van der Waals surface area contributed by atoms with E-state index in [1.165, 1.54) is 0 Å². The fraction of sp³-hybridized carbons (Fsp3) is 0.500. The van der Waals surface area contributed by atoms with E-state index in [2.05, 4.69) is 25.6 Å². The predicted octanol–water partition coefficient (Wildman–Crippen LogP) is 2.81. The molecule has 1 aromatic rings. The summed E-state index contributed by atoms with van der Waals surface area (Å²) in [6, 6.07) is 5.72. The number of halogens is 1. The van der Waals surface area contributed by atoms with E-state index < -0.39 is 10.0 Å². The Balaban J connectivity index is 2.34. The molecule has 1 fully saturated rings. The number of benzene rings is 1. The summed E-state index contributed by atoms with van der Waals surface area (Å²) >= 11 is 3.38. The Bertz CT molecular complexity index is 525. The van der Waals surface area contributed by atoms with Crippen LogP contribution in [0.1, 0.15) is 19.8 Å². The molecule has 0 spiro atoms. The average molecular weight is 333 g/mol. The van der Waals surface area contributed by atoms with E-state index in [-0.39, 0.29) is 5.75 Å². The minimum Gasteiger partial charge on any atom is -0.370 e. The van der Waals surface area contributed by atoms with Gasteiger partial charge < -0.3 is 4.90 Å². The van der Waals surface area contributed by atoms with E-state index in [1.54, 1.807) is 6.92 Å². The average Bonchev–Trinajstić information content (AvgIpc) is 2.82. The molecule has 1 saturated heterocycles. The van der Waals surface area contributed by atoms with E-state index in [9.17, 15) is 8.42 Å². The summed E-state index contributed by atoms with van der Waals surface area (Å²) in [5.74, 6) is 0.0823. The van der Waals surface area contributed by atoms with Crippen molar-refractivity contribution in [3.63, 3.8) is 0 Å². The van der Waals surface area contributed by atoms with Crippen LogP contribution < -0.4 is 9.62 Å². The van der Waals surface area contributed by atoms with E-state index in [1.807, 2.05) is 18.2 Å². The summed E-state index contributed by atoms with van der Waals surface area (Å²) < 4.78 is 26.9. The number of hydrogen-bond donors (Lipinski definition) is 1. The van der Waals surface area contributed by atoms with Gasteiger partial charge in [0.1, 0.15) is 0 Å². The summed E-state index contributed by atoms with van der Waals surface area (Å²) in [6.07, 6.45) is 2.33. The lowest BCUT2D eigenvalue weighted by Crippen LogP contribution is -2.21. The zero-order valence-corrected chi connectivity index (χ0v) is 12.7. The first-order valence-electron chi connectivity index (χ1n) is 6.07. The minimum absolute atomic E-state index is 0.0823. The fourth-order valence-electron chi connectivity index (χ4n) is 2.06. The number of anilines is 2. The summed E-state index contributed by atoms with van der Waals surface area (Å²) in [4.78, 5) is 2.22. The van der Waals surface area contributed by atoms with Crippen LogP contribution in [-0.2, 0) is 10.0 Å². The number of nitrogens with zero attached hydrogens (tertiary/aromatic N) is 1. The van der Waals surface area contributed by atoms with Gasteiger partial charge in [-0.2, -0.15) is 0 Å². The van der Waals surface area contributed by atoms with Crippen molar-refractivity contribution in [1.82, 2.24) is 0 Å². The molecular formula is C12H17BrN2O2S. The second-order valence-corrected chi connectivity index (χ2v) is 7.29. The van der Waals surface area contributed by atoms with Crippen molar-refractivity contribution in [3.8, 4) is 0 Å². The largest absolute Gasteiger partial charge is 0.370 e. The molecule has 0 unspecified atom stereocenters. The Morgan fingerprint density at radius 3 is 2.61 bits per heavy atom. The van der Waals surface area contributed by atoms with E-state index in [0.29, 0.717) is 5.69 Å². The van der Waals surface area contributed by atoms with Crippen LogP contribution in [0.4, 0.5) is 11.4 Å². The summed E-state index contributed by atoms with van der Waals surface area (Å²) in [6.45, 7) is 3.61. The molecule has 18 heavy (non-hydrogen) atoms. The Kier molecular flexibility index (Phi) is 4.17. The van der Waals surface area contributed by atoms with Crippen LogP contribution >= 0.6 is 15.9 Å². The third-order valence-corrected chi connectivity index (χ3v) is 4.84. The highest BCUT2D eigenvalue weighted by Crippen LogP contribution is 2.32. The maximum atomic E-state index is 11.7. The van der Waals surface area contributed by atoms with Crippen LogP contribution in [0, 0.1) is 0 Å². The third-order valence-electron chi connectivity index (χ3n) is 3.05. The van der Waals surface area contributed by atoms with E-state index in [0.717, 1.165) is 36.1 Å². The van der Waals surface area contributed by atoms with Crippen molar-refractivity contribution in [2.75, 3.05) is 28.5 Å². The fourth-order valence-corrected chi connectivity index (χ4v) is 3.07. The molecule has 100 valence electrons. The van der Waals surface area contributed by atoms with E-state index >= 15 is 0 Å². The molecule has 0 bridgehead atoms. The number of sulfonamides is 1. The zero-order chi connectivity index (χ0) is 13.2. The van der Waals surface area contributed by atoms with Gasteiger partial charge >= 0.3 is 0 Å². The van der Waals surface area contributed by atoms with Gasteiger partial charge in [-0.3, -0.25) is 4.72 Å². The van der Waals surface area contributed by atoms with Gasteiger partial charge in [-0.25, -0.2) is 8.42 Å². The first-order chi connectivity index (χ1) is 8.52. The molecule has 0 aliphatic carbocycles. The third kappa shape index (κ3) is 3.17. The van der Waals surface area contributed by atoms with Crippen LogP contribution in [0.5, 0.6) is 0 Å². The van der Waals surface area contributed by atoms with Crippen LogP contribution in [0.3, 0.4) is 0 Å². The lowest BCUT2D eigenvalue weighted by Gasteiger charge is -2.22. The van der Waals surface area contributed by atoms with Crippen molar-refractivity contribution in [2.24, 2.45) is 0 Å². The molecule has 4 nitrogen and oxygen atoms in total. The second-order valence-electron chi connectivity index (χ2n) is 4.36. The molecule has 0 amide bonds. The first kappa shape index (κ1) is 13.7. The molecule has 0 saturated carbocycles. The van der Waals surface area contributed by atoms with Crippen molar-refractivity contribution < 1.29 is 8.42 Å². The molecular weight excluding hydrogens is 316 g/mol. The Labute approximate surface area is 117 Å². The zero-order valence-electron chi connectivity index (χ0n) is 10.3. The van der Waals surface area contributed by atoms with Crippen LogP contribution in [0.25, 0.3) is 0 Å². The lowest BCUT2D eigenvalue weighted by atomic mass is 10.2. The highest BCUT2D eigenvalue weighted by molar-refractivity contribution is 9.10. The normalized spacial score (nSPS) is 16.0. The molecule has 1 heterocycles. The standard InChI is InChI=1S/C12H17BrN2O2S/c1-2-18(16,17)14-11-9-10(13)5-6-12(11)15-7-3-4-8-15/h5-6,9,14H,2-4,7-8H2,1H3. The highest BCUT2D eigenvalue weighted by atomic mass is 79.9. The van der Waals surface area contributed by atoms with Gasteiger partial charge in [0.25, 0.3) is 0 Å². The van der Waals surface area contributed by atoms with Crippen molar-refractivity contribution >= 4 is 37.3 Å². The molecule has 1 aliphatic heterocycles. The van der Waals surface area contributed by atoms with Crippen molar-refractivity contribution in [1.29, 1.82) is 0 Å². The lowest BCUT2D eigenvalue weighted by molar-refractivity contribution is 0.602. The maximum absolute atomic E-state index is 11.7. The van der Waals surface area contributed by atoms with Gasteiger partial charge in [0.15, 0.2) is 0 Å². The maximum Gasteiger partial charge on any atom is 0.232 e. The number of nitrogens with one attached hydrogen (secondary N) is 1. The Morgan fingerprint density at radius 2 is 2.00 bits per heavy atom. The first-order valence-corrected chi connectivity index (χ1v) is 8.51. The molecule has 0 radical (unpaired) electrons. The number of hydrogen-bond acceptors (Lipinski definition) is 3. The minimum atomic E-state index is -3.24. The SMILES string of the molecule is CCS(=O)(=O)Nc1cc(Br)ccc1N1CCCC1. The van der Waals surface area contributed by atoms with Gasteiger partial charge in [-0.1, -0.05) is 15.9 Å². The highest BCUT2D eigenvalue weighted by Gasteiger charge is 2.18. The van der Waals surface area contributed by atoms with Gasteiger partial charge in [-0.05, 0) is 38.0 Å². The van der Waals surface area contributed by atoms with Gasteiger partial charge in [0.05, 0.1) is 17.1 Å². The second kappa shape index (κ2) is 5.48. The Morgan fingerprint density at radius 1 is 1.33 bits per heavy atom. The van der Waals surface area contributed by atoms with E-state index in [4.69, 9.17) is 0 Å². The molecule has 1 aromatic carbocycles. The summed E-state index contributed by atoms with van der Waals surface area (Å²) in [5, 5.41) is 0. The molecule has 2 rings (SSSR count). The molecule has 0 atom stereocenters. The van der Waals surface area contributed by atoms with Crippen molar-refractivity contribution in [3.05, 3.63) is 22.7 Å². The molecule has 1 aliphatic rings. The summed E-state index contributed by atoms with van der Waals surface area (Å²) in [5.41, 5.74) is 1.63. The smallest absolute Gasteiger partial charge is 0.232 e. The molecule has 6 heteroatoms. The molecule has 0 aromatic heterocycles. The molecule has 1 N–H and O–H groups in total.